The number of rotatable bonds is 9. The van der Waals surface area contributed by atoms with E-state index in [0.717, 1.165) is 10.8 Å². The highest BCUT2D eigenvalue weighted by atomic mass is 19.1. The van der Waals surface area contributed by atoms with Crippen molar-refractivity contribution in [1.82, 2.24) is 10.6 Å². The lowest BCUT2D eigenvalue weighted by molar-refractivity contribution is 0.0926. The molecule has 8 heteroatoms. The van der Waals surface area contributed by atoms with Gasteiger partial charge in [0.15, 0.2) is 0 Å². The average Bonchev–Trinajstić information content (AvgIpc) is 2.91. The first-order valence-electron chi connectivity index (χ1n) is 11.8. The summed E-state index contributed by atoms with van der Waals surface area (Å²) < 4.78 is 18.7. The van der Waals surface area contributed by atoms with Crippen LogP contribution in [0.1, 0.15) is 38.0 Å². The maximum atomic E-state index is 13.0. The van der Waals surface area contributed by atoms with Crippen molar-refractivity contribution in [3.05, 3.63) is 107 Å². The molecule has 3 N–H and O–H groups in total. The predicted octanol–water partition coefficient (Wildman–Crippen LogP) is 4.79. The van der Waals surface area contributed by atoms with E-state index in [1.165, 1.54) is 24.3 Å². The molecule has 0 aromatic heterocycles. The molecule has 0 aliphatic rings. The molecule has 4 rings (SSSR count). The van der Waals surface area contributed by atoms with Crippen molar-refractivity contribution in [2.75, 3.05) is 25.0 Å². The maximum absolute atomic E-state index is 13.0. The molecule has 37 heavy (non-hydrogen) atoms. The molecule has 0 radical (unpaired) electrons. The van der Waals surface area contributed by atoms with Gasteiger partial charge in [0.1, 0.15) is 11.6 Å². The van der Waals surface area contributed by atoms with E-state index >= 15 is 0 Å². The molecule has 0 aliphatic heterocycles. The normalized spacial score (nSPS) is 10.5. The molecule has 0 unspecified atom stereocenters. The van der Waals surface area contributed by atoms with Crippen molar-refractivity contribution in [2.24, 2.45) is 0 Å². The number of ether oxygens (including phenoxy) is 1. The smallest absolute Gasteiger partial charge is 0.255 e. The van der Waals surface area contributed by atoms with E-state index in [2.05, 4.69) is 16.0 Å². The molecule has 7 nitrogen and oxygen atoms in total. The summed E-state index contributed by atoms with van der Waals surface area (Å²) in [6.07, 6.45) is 0. The van der Waals surface area contributed by atoms with Gasteiger partial charge in [0.05, 0.1) is 12.2 Å². The third-order valence-corrected chi connectivity index (χ3v) is 5.63. The van der Waals surface area contributed by atoms with Gasteiger partial charge in [-0.25, -0.2) is 4.39 Å². The van der Waals surface area contributed by atoms with Gasteiger partial charge in [-0.05, 0) is 72.3 Å². The first-order valence-corrected chi connectivity index (χ1v) is 11.8. The Morgan fingerprint density at radius 1 is 0.730 bits per heavy atom. The zero-order valence-corrected chi connectivity index (χ0v) is 20.2. The minimum Gasteiger partial charge on any atom is -0.493 e. The Bertz CT molecular complexity index is 1420. The summed E-state index contributed by atoms with van der Waals surface area (Å²) >= 11 is 0. The van der Waals surface area contributed by atoms with Gasteiger partial charge >= 0.3 is 0 Å². The fraction of sp³-hybridized carbons (Fsp3) is 0.138. The average molecular weight is 500 g/mol. The van der Waals surface area contributed by atoms with Gasteiger partial charge in [-0.1, -0.05) is 30.3 Å². The Balaban J connectivity index is 1.30. The third kappa shape index (κ3) is 6.29. The molecule has 0 saturated carbocycles. The molecule has 0 bridgehead atoms. The summed E-state index contributed by atoms with van der Waals surface area (Å²) in [6, 6.07) is 22.9. The second-order valence-corrected chi connectivity index (χ2v) is 8.14. The standard InChI is InChI=1S/C29H26FN3O4/c1-2-37-25-16-11-19-5-3-4-6-24(19)26(25)29(36)32-18-17-31-27(34)20-9-14-23(15-10-20)33-28(35)21-7-12-22(30)13-8-21/h3-16H,2,17-18H2,1H3,(H,31,34)(H,32,36)(H,33,35). The first kappa shape index (κ1) is 25.4. The molecule has 0 heterocycles. The van der Waals surface area contributed by atoms with E-state index in [1.54, 1.807) is 30.3 Å². The van der Waals surface area contributed by atoms with Crippen LogP contribution in [0.4, 0.5) is 10.1 Å². The van der Waals surface area contributed by atoms with Gasteiger partial charge in [-0.2, -0.15) is 0 Å². The van der Waals surface area contributed by atoms with Crippen LogP contribution in [-0.4, -0.2) is 37.4 Å². The zero-order valence-electron chi connectivity index (χ0n) is 20.2. The van der Waals surface area contributed by atoms with Gasteiger partial charge < -0.3 is 20.7 Å². The van der Waals surface area contributed by atoms with Crippen molar-refractivity contribution in [1.29, 1.82) is 0 Å². The Labute approximate surface area is 213 Å². The molecule has 0 atom stereocenters. The van der Waals surface area contributed by atoms with E-state index in [-0.39, 0.29) is 30.8 Å². The van der Waals surface area contributed by atoms with Crippen molar-refractivity contribution in [2.45, 2.75) is 6.92 Å². The van der Waals surface area contributed by atoms with Crippen molar-refractivity contribution >= 4 is 34.2 Å². The highest BCUT2D eigenvalue weighted by Gasteiger charge is 2.16. The number of carbonyl (C=O) groups excluding carboxylic acids is 3. The van der Waals surface area contributed by atoms with Crippen LogP contribution in [0, 0.1) is 5.82 Å². The van der Waals surface area contributed by atoms with E-state index in [4.69, 9.17) is 4.74 Å². The lowest BCUT2D eigenvalue weighted by Gasteiger charge is -2.14. The molecule has 3 amide bonds. The van der Waals surface area contributed by atoms with E-state index < -0.39 is 5.82 Å². The third-order valence-electron chi connectivity index (χ3n) is 5.63. The number of fused-ring (bicyclic) bond motifs is 1. The van der Waals surface area contributed by atoms with Gasteiger partial charge in [0.25, 0.3) is 17.7 Å². The molecule has 0 saturated heterocycles. The maximum Gasteiger partial charge on any atom is 0.255 e. The Hall–Kier alpha value is -4.72. The van der Waals surface area contributed by atoms with Gasteiger partial charge in [0.2, 0.25) is 0 Å². The Morgan fingerprint density at radius 3 is 2.05 bits per heavy atom. The minimum atomic E-state index is -0.421. The van der Waals surface area contributed by atoms with Crippen LogP contribution in [-0.2, 0) is 0 Å². The molecule has 4 aromatic rings. The van der Waals surface area contributed by atoms with Crippen LogP contribution in [0.15, 0.2) is 84.9 Å². The van der Waals surface area contributed by atoms with Crippen LogP contribution in [0.3, 0.4) is 0 Å². The van der Waals surface area contributed by atoms with Crippen LogP contribution in [0.2, 0.25) is 0 Å². The quantitative estimate of drug-likeness (QED) is 0.289. The number of nitrogens with one attached hydrogen (secondary N) is 3. The summed E-state index contributed by atoms with van der Waals surface area (Å²) in [6.45, 7) is 2.75. The monoisotopic (exact) mass is 499 g/mol. The molecule has 188 valence electrons. The second-order valence-electron chi connectivity index (χ2n) is 8.14. The molecule has 0 spiro atoms. The molecule has 4 aromatic carbocycles. The summed E-state index contributed by atoms with van der Waals surface area (Å²) in [5.74, 6) is -0.891. The summed E-state index contributed by atoms with van der Waals surface area (Å²) in [5, 5.41) is 10.0. The van der Waals surface area contributed by atoms with Crippen molar-refractivity contribution in [3.63, 3.8) is 0 Å². The highest BCUT2D eigenvalue weighted by molar-refractivity contribution is 6.09. The van der Waals surface area contributed by atoms with Gasteiger partial charge in [-0.15, -0.1) is 0 Å². The summed E-state index contributed by atoms with van der Waals surface area (Å²) in [4.78, 5) is 37.7. The molecule has 0 fully saturated rings. The number of anilines is 1. The number of carbonyl (C=O) groups is 3. The topological polar surface area (TPSA) is 96.5 Å². The first-order chi connectivity index (χ1) is 18.0. The van der Waals surface area contributed by atoms with Gasteiger partial charge in [0, 0.05) is 29.9 Å². The number of hydrogen-bond donors (Lipinski definition) is 3. The fourth-order valence-corrected chi connectivity index (χ4v) is 3.81. The molecular weight excluding hydrogens is 473 g/mol. The fourth-order valence-electron chi connectivity index (χ4n) is 3.81. The summed E-state index contributed by atoms with van der Waals surface area (Å²) in [7, 11) is 0. The lowest BCUT2D eigenvalue weighted by Crippen LogP contribution is -2.35. The second kappa shape index (κ2) is 11.8. The van der Waals surface area contributed by atoms with E-state index in [0.29, 0.717) is 34.7 Å². The number of amides is 3. The summed E-state index contributed by atoms with van der Waals surface area (Å²) in [5.41, 5.74) is 1.68. The highest BCUT2D eigenvalue weighted by Crippen LogP contribution is 2.28. The van der Waals surface area contributed by atoms with Crippen LogP contribution >= 0.6 is 0 Å². The largest absolute Gasteiger partial charge is 0.493 e. The minimum absolute atomic E-state index is 0.225. The van der Waals surface area contributed by atoms with E-state index in [9.17, 15) is 18.8 Å². The molecular formula is C29H26FN3O4. The number of halogens is 1. The lowest BCUT2D eigenvalue weighted by atomic mass is 10.0. The SMILES string of the molecule is CCOc1ccc2ccccc2c1C(=O)NCCNC(=O)c1ccc(NC(=O)c2ccc(F)cc2)cc1. The number of benzene rings is 4. The van der Waals surface area contributed by atoms with E-state index in [1.807, 2.05) is 37.3 Å². The van der Waals surface area contributed by atoms with Crippen LogP contribution in [0.25, 0.3) is 10.8 Å². The Morgan fingerprint density at radius 2 is 1.35 bits per heavy atom. The van der Waals surface area contributed by atoms with Gasteiger partial charge in [-0.3, -0.25) is 14.4 Å². The number of hydrogen-bond acceptors (Lipinski definition) is 4. The van der Waals surface area contributed by atoms with Crippen molar-refractivity contribution in [3.8, 4) is 5.75 Å². The van der Waals surface area contributed by atoms with Crippen molar-refractivity contribution < 1.29 is 23.5 Å². The molecule has 0 aliphatic carbocycles. The van der Waals surface area contributed by atoms with Crippen LogP contribution in [0.5, 0.6) is 5.75 Å². The predicted molar refractivity (Wildman–Crippen MR) is 141 cm³/mol. The Kier molecular flexibility index (Phi) is 8.10. The zero-order chi connectivity index (χ0) is 26.2. The van der Waals surface area contributed by atoms with Crippen LogP contribution < -0.4 is 20.7 Å².